The largest absolute Gasteiger partial charge is 0.382 e. The van der Waals surface area contributed by atoms with Gasteiger partial charge in [0, 0.05) is 53.6 Å². The van der Waals surface area contributed by atoms with E-state index >= 15 is 0 Å². The lowest BCUT2D eigenvalue weighted by Gasteiger charge is -2.14. The molecule has 126 valence electrons. The lowest BCUT2D eigenvalue weighted by Crippen LogP contribution is -2.37. The average Bonchev–Trinajstić information content (AvgIpc) is 2.50. The van der Waals surface area contributed by atoms with Crippen LogP contribution >= 0.6 is 24.0 Å². The van der Waals surface area contributed by atoms with Crippen LogP contribution in [0.5, 0.6) is 0 Å². The maximum absolute atomic E-state index is 5.30. The zero-order chi connectivity index (χ0) is 15.5. The van der Waals surface area contributed by atoms with E-state index in [9.17, 15) is 0 Å². The number of pyridine rings is 1. The van der Waals surface area contributed by atoms with Gasteiger partial charge in [0.1, 0.15) is 5.82 Å². The van der Waals surface area contributed by atoms with E-state index in [2.05, 4.69) is 26.7 Å². The monoisotopic (exact) mass is 421 g/mol. The molecule has 1 rings (SSSR count). The third kappa shape index (κ3) is 8.38. The van der Waals surface area contributed by atoms with E-state index < -0.39 is 0 Å². The summed E-state index contributed by atoms with van der Waals surface area (Å²) in [4.78, 5) is 10.5. The molecule has 1 heterocycles. The van der Waals surface area contributed by atoms with Crippen molar-refractivity contribution in [2.45, 2.75) is 19.9 Å². The Morgan fingerprint density at radius 1 is 1.36 bits per heavy atom. The highest BCUT2D eigenvalue weighted by molar-refractivity contribution is 14.0. The van der Waals surface area contributed by atoms with Crippen molar-refractivity contribution in [2.24, 2.45) is 4.99 Å². The van der Waals surface area contributed by atoms with Gasteiger partial charge in [0.15, 0.2) is 5.96 Å². The fourth-order valence-electron chi connectivity index (χ4n) is 1.75. The number of nitrogens with zero attached hydrogens (tertiary/aromatic N) is 3. The smallest absolute Gasteiger partial charge is 0.191 e. The van der Waals surface area contributed by atoms with Crippen LogP contribution in [0.25, 0.3) is 0 Å². The normalized spacial score (nSPS) is 10.8. The maximum Gasteiger partial charge on any atom is 0.191 e. The molecule has 7 heteroatoms. The first-order chi connectivity index (χ1) is 10.2. The molecule has 1 aromatic heterocycles. The summed E-state index contributed by atoms with van der Waals surface area (Å²) in [5.41, 5.74) is 1.17. The lowest BCUT2D eigenvalue weighted by molar-refractivity contribution is 0.145. The van der Waals surface area contributed by atoms with E-state index in [-0.39, 0.29) is 24.0 Å². The summed E-state index contributed by atoms with van der Waals surface area (Å²) in [5.74, 6) is 1.75. The van der Waals surface area contributed by atoms with E-state index in [4.69, 9.17) is 4.74 Å². The van der Waals surface area contributed by atoms with Crippen LogP contribution in [0.1, 0.15) is 18.9 Å². The molecule has 0 radical (unpaired) electrons. The Hall–Kier alpha value is -1.09. The Balaban J connectivity index is 0.00000441. The Bertz CT molecular complexity index is 440. The molecule has 0 aliphatic rings. The van der Waals surface area contributed by atoms with Crippen LogP contribution in [0.2, 0.25) is 0 Å². The number of aromatic nitrogens is 1. The number of nitrogens with one attached hydrogen (secondary N) is 2. The van der Waals surface area contributed by atoms with Crippen molar-refractivity contribution in [3.63, 3.8) is 0 Å². The Labute approximate surface area is 150 Å². The topological polar surface area (TPSA) is 61.8 Å². The predicted octanol–water partition coefficient (Wildman–Crippen LogP) is 1.86. The van der Waals surface area contributed by atoms with Gasteiger partial charge >= 0.3 is 0 Å². The second kappa shape index (κ2) is 12.5. The minimum absolute atomic E-state index is 0. The number of hydrogen-bond acceptors (Lipinski definition) is 4. The third-order valence-corrected chi connectivity index (χ3v) is 2.91. The van der Waals surface area contributed by atoms with Crippen molar-refractivity contribution >= 4 is 35.8 Å². The van der Waals surface area contributed by atoms with Crippen LogP contribution in [-0.2, 0) is 11.3 Å². The summed E-state index contributed by atoms with van der Waals surface area (Å²) >= 11 is 0. The van der Waals surface area contributed by atoms with Crippen LogP contribution in [0.15, 0.2) is 23.3 Å². The number of halogens is 1. The zero-order valence-electron chi connectivity index (χ0n) is 13.9. The molecular formula is C15H28IN5O. The number of ether oxygens (including phenoxy) is 1. The van der Waals surface area contributed by atoms with Gasteiger partial charge in [-0.25, -0.2) is 4.98 Å². The average molecular weight is 421 g/mol. The SMILES string of the molecule is CCOCCCNC(=NC)NCc1ccnc(N(C)C)c1.I. The van der Waals surface area contributed by atoms with Crippen LogP contribution in [0.3, 0.4) is 0 Å². The summed E-state index contributed by atoms with van der Waals surface area (Å²) in [6.07, 6.45) is 2.79. The van der Waals surface area contributed by atoms with Gasteiger partial charge in [-0.05, 0) is 31.0 Å². The Morgan fingerprint density at radius 2 is 2.14 bits per heavy atom. The summed E-state index contributed by atoms with van der Waals surface area (Å²) < 4.78 is 5.30. The molecule has 0 unspecified atom stereocenters. The van der Waals surface area contributed by atoms with Crippen molar-refractivity contribution < 1.29 is 4.74 Å². The van der Waals surface area contributed by atoms with E-state index in [1.807, 2.05) is 38.2 Å². The van der Waals surface area contributed by atoms with Crippen LogP contribution in [0, 0.1) is 0 Å². The summed E-state index contributed by atoms with van der Waals surface area (Å²) in [6, 6.07) is 4.07. The molecule has 0 saturated heterocycles. The van der Waals surface area contributed by atoms with Crippen LogP contribution in [-0.4, -0.2) is 51.8 Å². The second-order valence-electron chi connectivity index (χ2n) is 4.82. The van der Waals surface area contributed by atoms with Gasteiger partial charge in [-0.2, -0.15) is 0 Å². The van der Waals surface area contributed by atoms with E-state index in [1.165, 1.54) is 5.56 Å². The molecule has 0 bridgehead atoms. The molecule has 22 heavy (non-hydrogen) atoms. The van der Waals surface area contributed by atoms with Crippen molar-refractivity contribution in [1.29, 1.82) is 0 Å². The van der Waals surface area contributed by atoms with E-state index in [1.54, 1.807) is 7.05 Å². The van der Waals surface area contributed by atoms with E-state index in [0.717, 1.165) is 38.0 Å². The predicted molar refractivity (Wildman–Crippen MR) is 103 cm³/mol. The van der Waals surface area contributed by atoms with Crippen LogP contribution in [0.4, 0.5) is 5.82 Å². The van der Waals surface area contributed by atoms with Gasteiger partial charge in [-0.1, -0.05) is 0 Å². The Morgan fingerprint density at radius 3 is 2.77 bits per heavy atom. The molecular weight excluding hydrogens is 393 g/mol. The minimum Gasteiger partial charge on any atom is -0.382 e. The highest BCUT2D eigenvalue weighted by atomic mass is 127. The second-order valence-corrected chi connectivity index (χ2v) is 4.82. The summed E-state index contributed by atoms with van der Waals surface area (Å²) in [6.45, 7) is 5.11. The first-order valence-corrected chi connectivity index (χ1v) is 7.32. The van der Waals surface area contributed by atoms with Crippen molar-refractivity contribution in [1.82, 2.24) is 15.6 Å². The van der Waals surface area contributed by atoms with Gasteiger partial charge in [0.2, 0.25) is 0 Å². The number of guanidine groups is 1. The molecule has 0 fully saturated rings. The molecule has 2 N–H and O–H groups in total. The van der Waals surface area contributed by atoms with Crippen molar-refractivity contribution in [2.75, 3.05) is 45.8 Å². The van der Waals surface area contributed by atoms with Gasteiger partial charge < -0.3 is 20.3 Å². The maximum atomic E-state index is 5.30. The number of hydrogen-bond donors (Lipinski definition) is 2. The summed E-state index contributed by atoms with van der Waals surface area (Å²) in [7, 11) is 5.74. The standard InChI is InChI=1S/C15H27N5O.HI/c1-5-21-10-6-8-18-15(16-2)19-12-13-7-9-17-14(11-13)20(3)4;/h7,9,11H,5-6,8,10,12H2,1-4H3,(H2,16,18,19);1H. The molecule has 0 saturated carbocycles. The molecule has 0 aliphatic heterocycles. The molecule has 0 aliphatic carbocycles. The fraction of sp³-hybridized carbons (Fsp3) is 0.600. The van der Waals surface area contributed by atoms with Gasteiger partial charge in [0.25, 0.3) is 0 Å². The first-order valence-electron chi connectivity index (χ1n) is 7.32. The van der Waals surface area contributed by atoms with Crippen molar-refractivity contribution in [3.8, 4) is 0 Å². The van der Waals surface area contributed by atoms with Gasteiger partial charge in [0.05, 0.1) is 0 Å². The number of anilines is 1. The molecule has 0 spiro atoms. The lowest BCUT2D eigenvalue weighted by atomic mass is 10.2. The Kier molecular flexibility index (Phi) is 11.8. The quantitative estimate of drug-likeness (QED) is 0.291. The highest BCUT2D eigenvalue weighted by Crippen LogP contribution is 2.08. The van der Waals surface area contributed by atoms with Crippen molar-refractivity contribution in [3.05, 3.63) is 23.9 Å². The van der Waals surface area contributed by atoms with E-state index in [0.29, 0.717) is 6.54 Å². The molecule has 6 nitrogen and oxygen atoms in total. The van der Waals surface area contributed by atoms with Gasteiger partial charge in [-0.3, -0.25) is 4.99 Å². The highest BCUT2D eigenvalue weighted by Gasteiger charge is 2.01. The first kappa shape index (κ1) is 20.9. The zero-order valence-corrected chi connectivity index (χ0v) is 16.3. The van der Waals surface area contributed by atoms with Crippen LogP contribution < -0.4 is 15.5 Å². The minimum atomic E-state index is 0. The molecule has 0 amide bonds. The fourth-order valence-corrected chi connectivity index (χ4v) is 1.75. The molecule has 1 aromatic rings. The molecule has 0 atom stereocenters. The third-order valence-electron chi connectivity index (χ3n) is 2.91. The van der Waals surface area contributed by atoms with Gasteiger partial charge in [-0.15, -0.1) is 24.0 Å². The molecule has 0 aromatic carbocycles. The number of aliphatic imine (C=N–C) groups is 1. The summed E-state index contributed by atoms with van der Waals surface area (Å²) in [5, 5.41) is 6.56. The number of rotatable bonds is 8.